The summed E-state index contributed by atoms with van der Waals surface area (Å²) in [5, 5.41) is 4.27. The molecule has 190 valence electrons. The summed E-state index contributed by atoms with van der Waals surface area (Å²) in [7, 11) is 4.64. The number of hydrogen-bond donors (Lipinski definition) is 1. The quantitative estimate of drug-likeness (QED) is 0.246. The van der Waals surface area contributed by atoms with Crippen LogP contribution < -0.4 is 16.0 Å². The van der Waals surface area contributed by atoms with E-state index < -0.39 is 5.97 Å². The molecule has 4 rings (SSSR count). The van der Waals surface area contributed by atoms with E-state index in [1.54, 1.807) is 25.0 Å². The maximum atomic E-state index is 12.8. The molecule has 3 heterocycles. The summed E-state index contributed by atoms with van der Waals surface area (Å²) >= 11 is 3.51. The highest BCUT2D eigenvalue weighted by Crippen LogP contribution is 2.29. The molecule has 0 fully saturated rings. The molecule has 3 aromatic heterocycles. The number of aromatic nitrogens is 5. The molecule has 1 atom stereocenters. The molecule has 11 heteroatoms. The van der Waals surface area contributed by atoms with Gasteiger partial charge in [-0.25, -0.2) is 14.5 Å². The molecular weight excluding hydrogens is 528 g/mol. The van der Waals surface area contributed by atoms with Gasteiger partial charge < -0.3 is 24.3 Å². The molecule has 0 aliphatic carbocycles. The van der Waals surface area contributed by atoms with E-state index in [0.717, 1.165) is 34.9 Å². The van der Waals surface area contributed by atoms with Gasteiger partial charge in [0.25, 0.3) is 5.56 Å². The van der Waals surface area contributed by atoms with Crippen molar-refractivity contribution in [1.29, 1.82) is 0 Å². The first-order chi connectivity index (χ1) is 17.2. The number of ether oxygens (including phenoxy) is 2. The van der Waals surface area contributed by atoms with Crippen LogP contribution in [0.3, 0.4) is 0 Å². The summed E-state index contributed by atoms with van der Waals surface area (Å²) in [5.41, 5.74) is 8.91. The van der Waals surface area contributed by atoms with E-state index in [1.165, 1.54) is 23.9 Å². The Balaban J connectivity index is 1.43. The molecule has 0 aliphatic rings. The number of rotatable bonds is 9. The van der Waals surface area contributed by atoms with E-state index in [2.05, 4.69) is 32.9 Å². The monoisotopic (exact) mass is 556 g/mol. The van der Waals surface area contributed by atoms with Crippen molar-refractivity contribution in [1.82, 2.24) is 23.9 Å². The van der Waals surface area contributed by atoms with E-state index in [9.17, 15) is 9.59 Å². The van der Waals surface area contributed by atoms with Gasteiger partial charge in [0.2, 0.25) is 11.8 Å². The van der Waals surface area contributed by atoms with Crippen LogP contribution in [-0.2, 0) is 25.4 Å². The zero-order valence-corrected chi connectivity index (χ0v) is 22.3. The molecule has 1 aromatic carbocycles. The van der Waals surface area contributed by atoms with E-state index >= 15 is 0 Å². The molecule has 0 saturated heterocycles. The van der Waals surface area contributed by atoms with Gasteiger partial charge in [-0.05, 0) is 43.0 Å². The van der Waals surface area contributed by atoms with Crippen molar-refractivity contribution in [3.8, 4) is 17.0 Å². The summed E-state index contributed by atoms with van der Waals surface area (Å²) in [4.78, 5) is 29.3. The van der Waals surface area contributed by atoms with Crippen LogP contribution in [0.25, 0.3) is 22.2 Å². The van der Waals surface area contributed by atoms with Crippen molar-refractivity contribution in [2.75, 3.05) is 19.5 Å². The molecule has 0 spiro atoms. The van der Waals surface area contributed by atoms with Gasteiger partial charge in [-0.1, -0.05) is 22.9 Å². The molecule has 0 radical (unpaired) electrons. The van der Waals surface area contributed by atoms with Crippen LogP contribution in [0.4, 0.5) is 5.95 Å². The Morgan fingerprint density at radius 1 is 1.22 bits per heavy atom. The third-order valence-electron chi connectivity index (χ3n) is 6.09. The number of hydrogen-bond acceptors (Lipinski definition) is 7. The fraction of sp³-hybridized carbons (Fsp3) is 0.360. The molecule has 0 bridgehead atoms. The number of benzene rings is 1. The predicted molar refractivity (Wildman–Crippen MR) is 141 cm³/mol. The van der Waals surface area contributed by atoms with Gasteiger partial charge in [0, 0.05) is 31.3 Å². The molecule has 4 aromatic rings. The third-order valence-corrected chi connectivity index (χ3v) is 6.59. The zero-order valence-electron chi connectivity index (χ0n) is 20.7. The second-order valence-electron chi connectivity index (χ2n) is 8.85. The number of nitrogen functional groups attached to an aromatic ring is 1. The van der Waals surface area contributed by atoms with Crippen molar-refractivity contribution in [3.05, 3.63) is 57.0 Å². The number of fused-ring (bicyclic) bond motifs is 1. The van der Waals surface area contributed by atoms with Crippen molar-refractivity contribution < 1.29 is 14.3 Å². The second kappa shape index (κ2) is 10.6. The number of carbonyl (C=O) groups excluding carboxylic acids is 1. The lowest BCUT2D eigenvalue weighted by Crippen LogP contribution is -2.20. The average molecular weight is 557 g/mol. The number of halogens is 1. The number of nitrogens with zero attached hydrogens (tertiary/aromatic N) is 5. The number of methoxy groups -OCH3 is 1. The van der Waals surface area contributed by atoms with E-state index in [1.807, 2.05) is 22.8 Å². The summed E-state index contributed by atoms with van der Waals surface area (Å²) in [6.45, 7) is 3.35. The second-order valence-corrected chi connectivity index (χ2v) is 9.76. The summed E-state index contributed by atoms with van der Waals surface area (Å²) < 4.78 is 16.8. The fourth-order valence-corrected chi connectivity index (χ4v) is 4.58. The molecule has 36 heavy (non-hydrogen) atoms. The first-order valence-electron chi connectivity index (χ1n) is 11.5. The highest BCUT2D eigenvalue weighted by atomic mass is 79.9. The minimum atomic E-state index is -0.522. The highest BCUT2D eigenvalue weighted by Gasteiger charge is 2.19. The van der Waals surface area contributed by atoms with Gasteiger partial charge in [0.15, 0.2) is 0 Å². The Bertz CT molecular complexity index is 1470. The first-order valence-corrected chi connectivity index (χ1v) is 12.3. The zero-order chi connectivity index (χ0) is 26.0. The smallest absolute Gasteiger partial charge is 0.339 e. The molecule has 2 N–H and O–H groups in total. The number of imidazole rings is 1. The minimum Gasteiger partial charge on any atom is -0.477 e. The van der Waals surface area contributed by atoms with Crippen molar-refractivity contribution >= 4 is 38.9 Å². The molecule has 0 saturated carbocycles. The van der Waals surface area contributed by atoms with E-state index in [4.69, 9.17) is 15.2 Å². The van der Waals surface area contributed by atoms with Gasteiger partial charge >= 0.3 is 5.97 Å². The predicted octanol–water partition coefficient (Wildman–Crippen LogP) is 3.76. The fourth-order valence-electron chi connectivity index (χ4n) is 4.23. The van der Waals surface area contributed by atoms with Crippen LogP contribution in [0.5, 0.6) is 5.88 Å². The van der Waals surface area contributed by atoms with Crippen LogP contribution in [0.1, 0.15) is 30.1 Å². The Labute approximate surface area is 216 Å². The third kappa shape index (κ3) is 5.15. The van der Waals surface area contributed by atoms with Gasteiger partial charge in [-0.2, -0.15) is 5.10 Å². The van der Waals surface area contributed by atoms with Gasteiger partial charge in [0.05, 0.1) is 47.6 Å². The van der Waals surface area contributed by atoms with Crippen LogP contribution in [0.2, 0.25) is 0 Å². The lowest BCUT2D eigenvalue weighted by Gasteiger charge is -2.15. The number of aryl methyl sites for hydroxylation is 2. The minimum absolute atomic E-state index is 0.258. The van der Waals surface area contributed by atoms with Gasteiger partial charge in [-0.3, -0.25) is 4.79 Å². The summed E-state index contributed by atoms with van der Waals surface area (Å²) in [6, 6.07) is 7.44. The van der Waals surface area contributed by atoms with E-state index in [0.29, 0.717) is 35.5 Å². The van der Waals surface area contributed by atoms with Gasteiger partial charge in [0.1, 0.15) is 0 Å². The van der Waals surface area contributed by atoms with Crippen molar-refractivity contribution in [2.45, 2.75) is 26.3 Å². The number of nitrogens with two attached hydrogens (primary N) is 1. The lowest BCUT2D eigenvalue weighted by molar-refractivity contribution is 0.0599. The number of esters is 1. The van der Waals surface area contributed by atoms with Crippen LogP contribution in [0.15, 0.2) is 45.9 Å². The standard InChI is InChI=1S/C25H29BrN6O4/c1-15(13-32-21-11-17(26)7-8-20(21)29-25(32)27)6-5-9-36-23-19(12-28-31(23)3)18-10-16(24(34)35-4)14-30(2)22(18)33/h7-8,10-12,14-15H,5-6,9,13H2,1-4H3,(H2,27,29)/t15-/m1/s1. The molecule has 0 amide bonds. The van der Waals surface area contributed by atoms with Gasteiger partial charge in [-0.15, -0.1) is 0 Å². The largest absolute Gasteiger partial charge is 0.477 e. The van der Waals surface area contributed by atoms with Crippen molar-refractivity contribution in [3.63, 3.8) is 0 Å². The Morgan fingerprint density at radius 2 is 2.00 bits per heavy atom. The molecular formula is C25H29BrN6O4. The maximum absolute atomic E-state index is 12.8. The number of anilines is 1. The normalized spacial score (nSPS) is 12.1. The number of pyridine rings is 1. The Morgan fingerprint density at radius 3 is 2.75 bits per heavy atom. The highest BCUT2D eigenvalue weighted by molar-refractivity contribution is 9.10. The van der Waals surface area contributed by atoms with Crippen molar-refractivity contribution in [2.24, 2.45) is 20.0 Å². The van der Waals surface area contributed by atoms with Crippen LogP contribution in [0, 0.1) is 5.92 Å². The molecule has 10 nitrogen and oxygen atoms in total. The van der Waals surface area contributed by atoms with E-state index in [-0.39, 0.29) is 11.1 Å². The molecule has 0 unspecified atom stereocenters. The Hall–Kier alpha value is -3.60. The number of carbonyl (C=O) groups is 1. The summed E-state index contributed by atoms with van der Waals surface area (Å²) in [5.74, 6) is 0.783. The maximum Gasteiger partial charge on any atom is 0.339 e. The Kier molecular flexibility index (Phi) is 7.48. The van der Waals surface area contributed by atoms with Crippen LogP contribution >= 0.6 is 15.9 Å². The lowest BCUT2D eigenvalue weighted by atomic mass is 10.1. The topological polar surface area (TPSA) is 119 Å². The summed E-state index contributed by atoms with van der Waals surface area (Å²) in [6.07, 6.45) is 4.72. The SMILES string of the molecule is COC(=O)c1cc(-c2cnn(C)c2OCCC[C@@H](C)Cn2c(N)nc3ccc(Br)cc32)c(=O)n(C)c1. The molecule has 0 aliphatic heterocycles. The van der Waals surface area contributed by atoms with Crippen LogP contribution in [-0.4, -0.2) is 43.6 Å². The average Bonchev–Trinajstić information content (AvgIpc) is 3.36. The first kappa shape index (κ1) is 25.5.